The van der Waals surface area contributed by atoms with Crippen LogP contribution in [-0.4, -0.2) is 35.1 Å². The Morgan fingerprint density at radius 2 is 2.29 bits per heavy atom. The molecule has 0 aliphatic heterocycles. The van der Waals surface area contributed by atoms with Gasteiger partial charge in [-0.15, -0.1) is 0 Å². The van der Waals surface area contributed by atoms with E-state index in [4.69, 9.17) is 5.11 Å². The molecular weight excluding hydrogens is 246 g/mol. The predicted molar refractivity (Wildman–Crippen MR) is 59.9 cm³/mol. The van der Waals surface area contributed by atoms with E-state index in [-0.39, 0.29) is 11.4 Å². The summed E-state index contributed by atoms with van der Waals surface area (Å²) >= 11 is 0. The number of aliphatic carboxylic acids is 1. The lowest BCUT2D eigenvalue weighted by Crippen LogP contribution is -2.40. The second kappa shape index (κ2) is 5.28. The molecule has 1 heterocycles. The van der Waals surface area contributed by atoms with Crippen LogP contribution in [0.5, 0.6) is 0 Å². The summed E-state index contributed by atoms with van der Waals surface area (Å²) in [6.45, 7) is 1.78. The van der Waals surface area contributed by atoms with Crippen LogP contribution in [0.3, 0.4) is 0 Å². The summed E-state index contributed by atoms with van der Waals surface area (Å²) < 4.78 is 27.2. The molecule has 0 aromatic carbocycles. The van der Waals surface area contributed by atoms with Crippen molar-refractivity contribution in [1.29, 1.82) is 0 Å². The van der Waals surface area contributed by atoms with E-state index in [9.17, 15) is 13.2 Å². The molecule has 0 spiro atoms. The average Bonchev–Trinajstić information content (AvgIpc) is 2.64. The molecule has 1 atom stereocenters. The van der Waals surface area contributed by atoms with Gasteiger partial charge in [-0.25, -0.2) is 13.4 Å². The minimum atomic E-state index is -3.87. The zero-order chi connectivity index (χ0) is 13.1. The molecule has 17 heavy (non-hydrogen) atoms. The second-order valence-electron chi connectivity index (χ2n) is 3.68. The molecule has 7 nitrogen and oxygen atoms in total. The van der Waals surface area contributed by atoms with E-state index in [1.54, 1.807) is 14.0 Å². The van der Waals surface area contributed by atoms with Gasteiger partial charge >= 0.3 is 5.97 Å². The number of nitrogens with zero attached hydrogens (tertiary/aromatic N) is 2. The lowest BCUT2D eigenvalue weighted by Gasteiger charge is -2.12. The molecule has 1 rings (SSSR count). The monoisotopic (exact) mass is 261 g/mol. The number of imidazole rings is 1. The van der Waals surface area contributed by atoms with E-state index in [0.29, 0.717) is 6.42 Å². The Morgan fingerprint density at radius 3 is 2.71 bits per heavy atom. The fourth-order valence-electron chi connectivity index (χ4n) is 1.30. The average molecular weight is 261 g/mol. The summed E-state index contributed by atoms with van der Waals surface area (Å²) in [5.41, 5.74) is 0. The first-order valence-corrected chi connectivity index (χ1v) is 6.58. The van der Waals surface area contributed by atoms with Crippen molar-refractivity contribution in [2.75, 3.05) is 0 Å². The Kier molecular flexibility index (Phi) is 4.24. The Hall–Kier alpha value is -1.41. The van der Waals surface area contributed by atoms with Crippen LogP contribution >= 0.6 is 0 Å². The van der Waals surface area contributed by atoms with E-state index in [0.717, 1.165) is 0 Å². The Morgan fingerprint density at radius 1 is 1.65 bits per heavy atom. The van der Waals surface area contributed by atoms with Gasteiger partial charge in [-0.3, -0.25) is 4.79 Å². The van der Waals surface area contributed by atoms with Crippen molar-refractivity contribution < 1.29 is 18.3 Å². The molecule has 0 fully saturated rings. The summed E-state index contributed by atoms with van der Waals surface area (Å²) in [6, 6.07) is -1.12. The third-order valence-corrected chi connectivity index (χ3v) is 3.49. The fraction of sp³-hybridized carbons (Fsp3) is 0.556. The highest BCUT2D eigenvalue weighted by molar-refractivity contribution is 7.89. The third kappa shape index (κ3) is 3.53. The summed E-state index contributed by atoms with van der Waals surface area (Å²) in [5.74, 6) is -1.19. The van der Waals surface area contributed by atoms with Crippen molar-refractivity contribution in [3.63, 3.8) is 0 Å². The van der Waals surface area contributed by atoms with Crippen LogP contribution in [0.25, 0.3) is 0 Å². The van der Waals surface area contributed by atoms with Gasteiger partial charge in [0.25, 0.3) is 10.0 Å². The summed E-state index contributed by atoms with van der Waals surface area (Å²) in [5, 5.41) is 8.69. The van der Waals surface area contributed by atoms with Crippen molar-refractivity contribution in [3.05, 3.63) is 12.5 Å². The van der Waals surface area contributed by atoms with E-state index in [1.807, 2.05) is 0 Å². The van der Waals surface area contributed by atoms with Gasteiger partial charge in [0.2, 0.25) is 0 Å². The number of nitrogens with one attached hydrogen (secondary N) is 1. The minimum absolute atomic E-state index is 0.178. The largest absolute Gasteiger partial charge is 0.480 e. The first-order chi connectivity index (χ1) is 7.86. The Bertz CT molecular complexity index is 494. The molecule has 0 radical (unpaired) electrons. The number of carbonyl (C=O) groups is 1. The van der Waals surface area contributed by atoms with Gasteiger partial charge in [-0.2, -0.15) is 4.72 Å². The Balaban J connectivity index is 2.88. The lowest BCUT2D eigenvalue weighted by molar-refractivity contribution is -0.139. The van der Waals surface area contributed by atoms with Crippen molar-refractivity contribution in [1.82, 2.24) is 14.3 Å². The smallest absolute Gasteiger partial charge is 0.321 e. The molecule has 1 aromatic heterocycles. The number of hydrogen-bond acceptors (Lipinski definition) is 4. The van der Waals surface area contributed by atoms with Gasteiger partial charge in [0.05, 0.1) is 6.33 Å². The van der Waals surface area contributed by atoms with Crippen molar-refractivity contribution in [2.24, 2.45) is 7.05 Å². The number of aromatic nitrogens is 2. The molecular formula is C9H15N3O4S. The standard InChI is InChI=1S/C9H15N3O4S/c1-3-4-7(9(13)14)11-17(15,16)8-5-12(2)6-10-8/h5-7,11H,3-4H2,1-2H3,(H,13,14)/t7-/m0/s1. The SMILES string of the molecule is CCC[C@H](NS(=O)(=O)c1cn(C)cn1)C(=O)O. The molecule has 0 unspecified atom stereocenters. The van der Waals surface area contributed by atoms with Crippen molar-refractivity contribution in [2.45, 2.75) is 30.8 Å². The summed E-state index contributed by atoms with van der Waals surface area (Å²) in [6.07, 6.45) is 3.46. The number of aryl methyl sites for hydroxylation is 1. The molecule has 0 saturated carbocycles. The number of sulfonamides is 1. The fourth-order valence-corrected chi connectivity index (χ4v) is 2.50. The molecule has 0 aliphatic rings. The van der Waals surface area contributed by atoms with Crippen LogP contribution < -0.4 is 4.72 Å². The van der Waals surface area contributed by atoms with Crippen molar-refractivity contribution >= 4 is 16.0 Å². The lowest BCUT2D eigenvalue weighted by atomic mass is 10.2. The first-order valence-electron chi connectivity index (χ1n) is 5.10. The maximum absolute atomic E-state index is 11.8. The van der Waals surface area contributed by atoms with E-state index < -0.39 is 22.0 Å². The first kappa shape index (κ1) is 13.7. The van der Waals surface area contributed by atoms with Gasteiger partial charge in [0.1, 0.15) is 6.04 Å². The van der Waals surface area contributed by atoms with E-state index >= 15 is 0 Å². The van der Waals surface area contributed by atoms with E-state index in [2.05, 4.69) is 9.71 Å². The van der Waals surface area contributed by atoms with E-state index in [1.165, 1.54) is 17.1 Å². The molecule has 0 saturated heterocycles. The second-order valence-corrected chi connectivity index (χ2v) is 5.34. The summed E-state index contributed by atoms with van der Waals surface area (Å²) in [7, 11) is -2.24. The molecule has 0 aliphatic carbocycles. The zero-order valence-electron chi connectivity index (χ0n) is 9.62. The van der Waals surface area contributed by atoms with Crippen LogP contribution in [0, 0.1) is 0 Å². The maximum atomic E-state index is 11.8. The molecule has 0 amide bonds. The molecule has 1 aromatic rings. The zero-order valence-corrected chi connectivity index (χ0v) is 10.4. The Labute approximate surface area is 99.5 Å². The van der Waals surface area contributed by atoms with Crippen molar-refractivity contribution in [3.8, 4) is 0 Å². The topological polar surface area (TPSA) is 101 Å². The maximum Gasteiger partial charge on any atom is 0.321 e. The van der Waals surface area contributed by atoms with Gasteiger partial charge in [-0.05, 0) is 6.42 Å². The van der Waals surface area contributed by atoms with Gasteiger partial charge in [-0.1, -0.05) is 13.3 Å². The van der Waals surface area contributed by atoms with Crippen LogP contribution in [0.2, 0.25) is 0 Å². The van der Waals surface area contributed by atoms with Crippen LogP contribution in [-0.2, 0) is 21.9 Å². The third-order valence-electron chi connectivity index (χ3n) is 2.13. The van der Waals surface area contributed by atoms with Crippen LogP contribution in [0.1, 0.15) is 19.8 Å². The molecule has 8 heteroatoms. The summed E-state index contributed by atoms with van der Waals surface area (Å²) in [4.78, 5) is 14.5. The number of rotatable bonds is 6. The highest BCUT2D eigenvalue weighted by atomic mass is 32.2. The highest BCUT2D eigenvalue weighted by Crippen LogP contribution is 2.07. The molecule has 0 bridgehead atoms. The quantitative estimate of drug-likeness (QED) is 0.747. The number of hydrogen-bond donors (Lipinski definition) is 2. The molecule has 2 N–H and O–H groups in total. The van der Waals surface area contributed by atoms with Gasteiger partial charge in [0, 0.05) is 13.2 Å². The highest BCUT2D eigenvalue weighted by Gasteiger charge is 2.25. The predicted octanol–water partition coefficient (Wildman–Crippen LogP) is -0.0483. The molecule has 96 valence electrons. The van der Waals surface area contributed by atoms with Gasteiger partial charge in [0.15, 0.2) is 5.03 Å². The minimum Gasteiger partial charge on any atom is -0.480 e. The van der Waals surface area contributed by atoms with Gasteiger partial charge < -0.3 is 9.67 Å². The normalized spacial score (nSPS) is 13.5. The number of carboxylic acids is 1. The van der Waals surface area contributed by atoms with Crippen LogP contribution in [0.4, 0.5) is 0 Å². The number of carboxylic acid groups (broad SMARTS) is 1. The van der Waals surface area contributed by atoms with Crippen LogP contribution in [0.15, 0.2) is 17.6 Å².